The van der Waals surface area contributed by atoms with E-state index in [2.05, 4.69) is 10.1 Å². The number of carbonyl (C=O) groups excluding carboxylic acids is 2. The number of nitrogens with zero attached hydrogens (tertiary/aromatic N) is 2. The van der Waals surface area contributed by atoms with Crippen LogP contribution in [0, 0.1) is 23.1 Å². The van der Waals surface area contributed by atoms with Crippen LogP contribution in [0.1, 0.15) is 28.8 Å². The highest BCUT2D eigenvalue weighted by molar-refractivity contribution is 5.98. The van der Waals surface area contributed by atoms with Gasteiger partial charge in [-0.1, -0.05) is 12.1 Å². The van der Waals surface area contributed by atoms with Crippen molar-refractivity contribution in [2.24, 2.45) is 5.92 Å². The van der Waals surface area contributed by atoms with Crippen molar-refractivity contribution in [1.82, 2.24) is 4.90 Å². The Morgan fingerprint density at radius 3 is 2.73 bits per heavy atom. The van der Waals surface area contributed by atoms with Crippen LogP contribution < -0.4 is 10.1 Å². The van der Waals surface area contributed by atoms with Gasteiger partial charge in [-0.15, -0.1) is 0 Å². The van der Waals surface area contributed by atoms with E-state index in [1.165, 1.54) is 35.2 Å². The van der Waals surface area contributed by atoms with E-state index in [0.29, 0.717) is 19.4 Å². The van der Waals surface area contributed by atoms with Crippen LogP contribution >= 0.6 is 0 Å². The summed E-state index contributed by atoms with van der Waals surface area (Å²) in [5, 5.41) is 11.5. The third kappa shape index (κ3) is 4.89. The predicted octanol–water partition coefficient (Wildman–Crippen LogP) is 3.79. The van der Waals surface area contributed by atoms with Crippen LogP contribution in [0.15, 0.2) is 42.5 Å². The van der Waals surface area contributed by atoms with Crippen LogP contribution in [0.4, 0.5) is 18.9 Å². The molecule has 0 saturated carbocycles. The number of halogens is 3. The molecule has 0 bridgehead atoms. The van der Waals surface area contributed by atoms with Crippen molar-refractivity contribution < 1.29 is 27.5 Å². The zero-order valence-corrected chi connectivity index (χ0v) is 15.8. The summed E-state index contributed by atoms with van der Waals surface area (Å²) in [4.78, 5) is 26.9. The minimum Gasteiger partial charge on any atom is -0.434 e. The second kappa shape index (κ2) is 9.31. The van der Waals surface area contributed by atoms with Gasteiger partial charge in [0, 0.05) is 18.8 Å². The summed E-state index contributed by atoms with van der Waals surface area (Å²) in [7, 11) is 0. The van der Waals surface area contributed by atoms with Gasteiger partial charge in [-0.25, -0.2) is 4.39 Å². The van der Waals surface area contributed by atoms with Crippen LogP contribution in [0.5, 0.6) is 5.75 Å². The molecule has 1 fully saturated rings. The molecule has 156 valence electrons. The molecule has 6 nitrogen and oxygen atoms in total. The zero-order chi connectivity index (χ0) is 21.7. The van der Waals surface area contributed by atoms with Gasteiger partial charge in [-0.3, -0.25) is 9.59 Å². The molecular weight excluding hydrogens is 399 g/mol. The first-order valence-electron chi connectivity index (χ1n) is 9.22. The summed E-state index contributed by atoms with van der Waals surface area (Å²) >= 11 is 0. The SMILES string of the molecule is N#Cc1cc(NC(=O)C2CCCN(C(=O)c3ccccc3OC(F)F)C2)ccc1F. The lowest BCUT2D eigenvalue weighted by atomic mass is 9.96. The summed E-state index contributed by atoms with van der Waals surface area (Å²) in [6.07, 6.45) is 1.08. The number of piperidine rings is 1. The molecule has 1 N–H and O–H groups in total. The summed E-state index contributed by atoms with van der Waals surface area (Å²) in [5.74, 6) is -2.33. The van der Waals surface area contributed by atoms with Crippen LogP contribution in [0.2, 0.25) is 0 Å². The van der Waals surface area contributed by atoms with Gasteiger partial charge >= 0.3 is 6.61 Å². The minimum absolute atomic E-state index is 0.00365. The molecule has 1 aliphatic heterocycles. The fraction of sp³-hybridized carbons (Fsp3) is 0.286. The number of hydrogen-bond donors (Lipinski definition) is 1. The van der Waals surface area contributed by atoms with E-state index in [4.69, 9.17) is 5.26 Å². The van der Waals surface area contributed by atoms with Crippen LogP contribution in [0.25, 0.3) is 0 Å². The van der Waals surface area contributed by atoms with Gasteiger partial charge in [-0.2, -0.15) is 14.0 Å². The third-order valence-electron chi connectivity index (χ3n) is 4.77. The van der Waals surface area contributed by atoms with E-state index in [-0.39, 0.29) is 35.0 Å². The number of para-hydroxylation sites is 1. The van der Waals surface area contributed by atoms with Crippen molar-refractivity contribution in [3.8, 4) is 11.8 Å². The lowest BCUT2D eigenvalue weighted by Crippen LogP contribution is -2.43. The molecule has 1 aliphatic rings. The summed E-state index contributed by atoms with van der Waals surface area (Å²) in [5.41, 5.74) is 0.0806. The number of nitriles is 1. The highest BCUT2D eigenvalue weighted by atomic mass is 19.3. The smallest absolute Gasteiger partial charge is 0.387 e. The van der Waals surface area contributed by atoms with E-state index < -0.39 is 24.3 Å². The molecule has 2 aromatic carbocycles. The van der Waals surface area contributed by atoms with Crippen molar-refractivity contribution in [3.63, 3.8) is 0 Å². The molecule has 0 radical (unpaired) electrons. The molecule has 0 aliphatic carbocycles. The van der Waals surface area contributed by atoms with Gasteiger partial charge in [0.05, 0.1) is 17.0 Å². The monoisotopic (exact) mass is 417 g/mol. The summed E-state index contributed by atoms with van der Waals surface area (Å²) in [6.45, 7) is -2.59. The largest absolute Gasteiger partial charge is 0.434 e. The Labute approximate surface area is 170 Å². The Bertz CT molecular complexity index is 991. The standard InChI is InChI=1S/C21H18F3N3O3/c22-17-8-7-15(10-14(17)11-25)26-19(28)13-4-3-9-27(12-13)20(29)16-5-1-2-6-18(16)30-21(23)24/h1-2,5-8,10,13,21H,3-4,9,12H2,(H,26,28). The van der Waals surface area contributed by atoms with Gasteiger partial charge in [0.15, 0.2) is 0 Å². The molecular formula is C21H18F3N3O3. The third-order valence-corrected chi connectivity index (χ3v) is 4.77. The molecule has 30 heavy (non-hydrogen) atoms. The Kier molecular flexibility index (Phi) is 6.57. The minimum atomic E-state index is -3.06. The number of likely N-dealkylation sites (tertiary alicyclic amines) is 1. The fourth-order valence-electron chi connectivity index (χ4n) is 3.32. The van der Waals surface area contributed by atoms with E-state index >= 15 is 0 Å². The maximum atomic E-state index is 13.4. The molecule has 2 amide bonds. The van der Waals surface area contributed by atoms with Crippen molar-refractivity contribution in [2.45, 2.75) is 19.5 Å². The molecule has 9 heteroatoms. The highest BCUT2D eigenvalue weighted by Crippen LogP contribution is 2.26. The number of benzene rings is 2. The van der Waals surface area contributed by atoms with Gasteiger partial charge < -0.3 is 15.0 Å². The van der Waals surface area contributed by atoms with Gasteiger partial charge in [0.1, 0.15) is 17.6 Å². The second-order valence-corrected chi connectivity index (χ2v) is 6.76. The molecule has 1 heterocycles. The van der Waals surface area contributed by atoms with E-state index in [9.17, 15) is 22.8 Å². The lowest BCUT2D eigenvalue weighted by Gasteiger charge is -2.32. The molecule has 3 rings (SSSR count). The first-order valence-corrected chi connectivity index (χ1v) is 9.22. The number of rotatable bonds is 5. The average Bonchev–Trinajstić information content (AvgIpc) is 2.74. The number of ether oxygens (including phenoxy) is 1. The number of alkyl halides is 2. The molecule has 1 atom stereocenters. The molecule has 1 unspecified atom stereocenters. The maximum absolute atomic E-state index is 13.4. The van der Waals surface area contributed by atoms with Crippen molar-refractivity contribution >= 4 is 17.5 Å². The lowest BCUT2D eigenvalue weighted by molar-refractivity contribution is -0.121. The van der Waals surface area contributed by atoms with Crippen LogP contribution in [-0.2, 0) is 4.79 Å². The van der Waals surface area contributed by atoms with Crippen molar-refractivity contribution in [2.75, 3.05) is 18.4 Å². The summed E-state index contributed by atoms with van der Waals surface area (Å²) in [6, 6.07) is 11.1. The van der Waals surface area contributed by atoms with Crippen LogP contribution in [-0.4, -0.2) is 36.4 Å². The Balaban J connectivity index is 1.70. The Morgan fingerprint density at radius 1 is 1.23 bits per heavy atom. The van der Waals surface area contributed by atoms with Crippen molar-refractivity contribution in [1.29, 1.82) is 5.26 Å². The number of amides is 2. The van der Waals surface area contributed by atoms with Gasteiger partial charge in [0.25, 0.3) is 5.91 Å². The van der Waals surface area contributed by atoms with E-state index in [0.717, 1.165) is 6.07 Å². The maximum Gasteiger partial charge on any atom is 0.387 e. The zero-order valence-electron chi connectivity index (χ0n) is 15.8. The van der Waals surface area contributed by atoms with Gasteiger partial charge in [0.2, 0.25) is 5.91 Å². The second-order valence-electron chi connectivity index (χ2n) is 6.76. The molecule has 2 aromatic rings. The summed E-state index contributed by atoms with van der Waals surface area (Å²) < 4.78 is 43.1. The number of anilines is 1. The average molecular weight is 417 g/mol. The molecule has 0 spiro atoms. The number of nitrogens with one attached hydrogen (secondary N) is 1. The van der Waals surface area contributed by atoms with Crippen molar-refractivity contribution in [3.05, 3.63) is 59.4 Å². The number of carbonyl (C=O) groups is 2. The van der Waals surface area contributed by atoms with Crippen LogP contribution in [0.3, 0.4) is 0 Å². The topological polar surface area (TPSA) is 82.4 Å². The fourth-order valence-corrected chi connectivity index (χ4v) is 3.32. The van der Waals surface area contributed by atoms with E-state index in [1.807, 2.05) is 0 Å². The Hall–Kier alpha value is -3.54. The Morgan fingerprint density at radius 2 is 2.00 bits per heavy atom. The molecule has 0 aromatic heterocycles. The predicted molar refractivity (Wildman–Crippen MR) is 101 cm³/mol. The normalized spacial score (nSPS) is 16.1. The quantitative estimate of drug-likeness (QED) is 0.803. The first-order chi connectivity index (χ1) is 14.4. The van der Waals surface area contributed by atoms with E-state index in [1.54, 1.807) is 12.1 Å². The molecule has 1 saturated heterocycles. The first kappa shape index (κ1) is 21.2. The highest BCUT2D eigenvalue weighted by Gasteiger charge is 2.30. The van der Waals surface area contributed by atoms with Gasteiger partial charge in [-0.05, 0) is 43.2 Å². The number of hydrogen-bond acceptors (Lipinski definition) is 4.